The fraction of sp³-hybridized carbons (Fsp3) is 0.188. The number of benzene rings is 1. The van der Waals surface area contributed by atoms with E-state index in [0.29, 0.717) is 11.5 Å². The molecular weight excluding hydrogens is 308 g/mol. The predicted molar refractivity (Wildman–Crippen MR) is 88.3 cm³/mol. The number of fused-ring (bicyclic) bond motifs is 1. The zero-order valence-electron chi connectivity index (χ0n) is 13.5. The molecule has 1 amide bonds. The summed E-state index contributed by atoms with van der Waals surface area (Å²) in [5, 5.41) is 8.07. The Morgan fingerprint density at radius 3 is 2.88 bits per heavy atom. The number of aromatic nitrogens is 4. The molecule has 0 saturated carbocycles. The van der Waals surface area contributed by atoms with Gasteiger partial charge in [0.05, 0.1) is 13.3 Å². The summed E-state index contributed by atoms with van der Waals surface area (Å²) in [6, 6.07) is 9.21. The third-order valence-corrected chi connectivity index (χ3v) is 3.33. The second-order valence-electron chi connectivity index (χ2n) is 5.13. The van der Waals surface area contributed by atoms with Gasteiger partial charge in [0.15, 0.2) is 0 Å². The zero-order chi connectivity index (χ0) is 17.1. The van der Waals surface area contributed by atoms with Crippen molar-refractivity contribution in [3.8, 4) is 5.75 Å². The monoisotopic (exact) mass is 324 g/mol. The fourth-order valence-corrected chi connectivity index (χ4v) is 2.25. The Morgan fingerprint density at radius 1 is 1.29 bits per heavy atom. The number of ether oxygens (including phenoxy) is 1. The Kier molecular flexibility index (Phi) is 4.19. The third-order valence-electron chi connectivity index (χ3n) is 3.33. The number of nitrogens with zero attached hydrogens (tertiary/aromatic N) is 5. The molecule has 0 spiro atoms. The maximum atomic E-state index is 12.1. The summed E-state index contributed by atoms with van der Waals surface area (Å²) >= 11 is 0. The van der Waals surface area contributed by atoms with Gasteiger partial charge in [-0.2, -0.15) is 10.1 Å². The zero-order valence-corrected chi connectivity index (χ0v) is 13.5. The topological polar surface area (TPSA) is 93.8 Å². The van der Waals surface area contributed by atoms with Gasteiger partial charge in [-0.05, 0) is 32.0 Å². The lowest BCUT2D eigenvalue weighted by atomic mass is 10.2. The number of aryl methyl sites for hydroxylation is 2. The van der Waals surface area contributed by atoms with Crippen LogP contribution < -0.4 is 10.2 Å². The Hall–Kier alpha value is -3.29. The molecule has 0 radical (unpaired) electrons. The molecule has 0 fully saturated rings. The van der Waals surface area contributed by atoms with Crippen LogP contribution in [0.2, 0.25) is 0 Å². The smallest absolute Gasteiger partial charge is 0.311 e. The number of carbonyl (C=O) groups is 1. The molecule has 122 valence electrons. The molecule has 8 heteroatoms. The number of methoxy groups -OCH3 is 1. The number of para-hydroxylation sites is 1. The molecule has 2 aromatic heterocycles. The van der Waals surface area contributed by atoms with Crippen molar-refractivity contribution in [2.45, 2.75) is 13.8 Å². The molecule has 0 aliphatic carbocycles. The second kappa shape index (κ2) is 6.45. The molecule has 1 aromatic carbocycles. The number of amides is 1. The van der Waals surface area contributed by atoms with Crippen LogP contribution in [0.25, 0.3) is 5.78 Å². The van der Waals surface area contributed by atoms with Crippen molar-refractivity contribution >= 4 is 17.9 Å². The van der Waals surface area contributed by atoms with Crippen molar-refractivity contribution in [3.63, 3.8) is 0 Å². The highest BCUT2D eigenvalue weighted by atomic mass is 16.5. The van der Waals surface area contributed by atoms with Gasteiger partial charge in [-0.3, -0.25) is 4.79 Å². The first-order valence-electron chi connectivity index (χ1n) is 7.26. The number of hydrazone groups is 1. The van der Waals surface area contributed by atoms with Crippen molar-refractivity contribution < 1.29 is 9.53 Å². The molecule has 0 aliphatic rings. The Morgan fingerprint density at radius 2 is 2.08 bits per heavy atom. The molecule has 2 heterocycles. The molecule has 0 bridgehead atoms. The van der Waals surface area contributed by atoms with Crippen LogP contribution in [0.4, 0.5) is 0 Å². The van der Waals surface area contributed by atoms with E-state index in [0.717, 1.165) is 17.0 Å². The first-order chi connectivity index (χ1) is 11.6. The first kappa shape index (κ1) is 15.6. The first-order valence-corrected chi connectivity index (χ1v) is 7.26. The van der Waals surface area contributed by atoms with E-state index >= 15 is 0 Å². The Labute approximate surface area is 138 Å². The van der Waals surface area contributed by atoms with Crippen molar-refractivity contribution in [1.29, 1.82) is 0 Å². The van der Waals surface area contributed by atoms with Gasteiger partial charge in [0.2, 0.25) is 5.82 Å². The van der Waals surface area contributed by atoms with Gasteiger partial charge in [0.1, 0.15) is 5.75 Å². The van der Waals surface area contributed by atoms with Crippen LogP contribution in [0.5, 0.6) is 5.75 Å². The van der Waals surface area contributed by atoms with E-state index in [2.05, 4.69) is 25.6 Å². The summed E-state index contributed by atoms with van der Waals surface area (Å²) in [5.74, 6) is 0.542. The molecule has 24 heavy (non-hydrogen) atoms. The molecule has 0 unspecified atom stereocenters. The van der Waals surface area contributed by atoms with Gasteiger partial charge in [0.25, 0.3) is 5.78 Å². The molecule has 8 nitrogen and oxygen atoms in total. The summed E-state index contributed by atoms with van der Waals surface area (Å²) in [4.78, 5) is 20.5. The van der Waals surface area contributed by atoms with Crippen LogP contribution >= 0.6 is 0 Å². The van der Waals surface area contributed by atoms with Crippen LogP contribution in [-0.2, 0) is 0 Å². The maximum Gasteiger partial charge on any atom is 0.311 e. The highest BCUT2D eigenvalue weighted by molar-refractivity contribution is 5.92. The van der Waals surface area contributed by atoms with E-state index in [4.69, 9.17) is 4.74 Å². The van der Waals surface area contributed by atoms with Crippen LogP contribution in [-0.4, -0.2) is 38.8 Å². The molecular formula is C16H16N6O2. The van der Waals surface area contributed by atoms with Gasteiger partial charge in [-0.15, -0.1) is 5.10 Å². The minimum absolute atomic E-state index is 0.00776. The highest BCUT2D eigenvalue weighted by Gasteiger charge is 2.14. The average Bonchev–Trinajstić information content (AvgIpc) is 2.99. The number of carbonyl (C=O) groups excluding carboxylic acids is 1. The summed E-state index contributed by atoms with van der Waals surface area (Å²) in [6.07, 6.45) is 1.50. The number of hydrogen-bond acceptors (Lipinski definition) is 6. The van der Waals surface area contributed by atoms with E-state index in [9.17, 15) is 4.79 Å². The fourth-order valence-electron chi connectivity index (χ4n) is 2.25. The lowest BCUT2D eigenvalue weighted by Gasteiger charge is -2.02. The minimum atomic E-state index is -0.510. The predicted octanol–water partition coefficient (Wildman–Crippen LogP) is 1.51. The van der Waals surface area contributed by atoms with Gasteiger partial charge in [0, 0.05) is 17.0 Å². The number of rotatable bonds is 4. The van der Waals surface area contributed by atoms with Gasteiger partial charge in [-0.1, -0.05) is 12.1 Å². The largest absolute Gasteiger partial charge is 0.496 e. The minimum Gasteiger partial charge on any atom is -0.496 e. The molecule has 0 atom stereocenters. The van der Waals surface area contributed by atoms with E-state index in [1.54, 1.807) is 7.11 Å². The lowest BCUT2D eigenvalue weighted by Crippen LogP contribution is -2.19. The van der Waals surface area contributed by atoms with Gasteiger partial charge < -0.3 is 4.74 Å². The van der Waals surface area contributed by atoms with E-state index < -0.39 is 5.91 Å². The van der Waals surface area contributed by atoms with Crippen LogP contribution in [0.1, 0.15) is 27.6 Å². The van der Waals surface area contributed by atoms with E-state index in [1.165, 1.54) is 10.7 Å². The standard InChI is InChI=1S/C16H16N6O2/c1-10-8-11(2)22-16(18-10)19-14(21-22)15(23)20-17-9-12-6-4-5-7-13(12)24-3/h4-9H,1-3H3,(H,20,23). The summed E-state index contributed by atoms with van der Waals surface area (Å²) < 4.78 is 6.73. The molecule has 3 rings (SSSR count). The third kappa shape index (κ3) is 3.07. The summed E-state index contributed by atoms with van der Waals surface area (Å²) in [7, 11) is 1.57. The van der Waals surface area contributed by atoms with Crippen molar-refractivity contribution in [1.82, 2.24) is 25.0 Å². The maximum absolute atomic E-state index is 12.1. The number of nitrogens with one attached hydrogen (secondary N) is 1. The molecule has 3 aromatic rings. The van der Waals surface area contributed by atoms with E-state index in [1.807, 2.05) is 44.2 Å². The SMILES string of the molecule is COc1ccccc1C=NNC(=O)c1nc2nc(C)cc(C)n2n1. The van der Waals surface area contributed by atoms with E-state index in [-0.39, 0.29) is 5.82 Å². The van der Waals surface area contributed by atoms with Crippen molar-refractivity contribution in [2.75, 3.05) is 7.11 Å². The molecule has 0 aliphatic heterocycles. The number of hydrogen-bond donors (Lipinski definition) is 1. The highest BCUT2D eigenvalue weighted by Crippen LogP contribution is 2.14. The summed E-state index contributed by atoms with van der Waals surface area (Å²) in [5.41, 5.74) is 4.81. The Bertz CT molecular complexity index is 931. The second-order valence-corrected chi connectivity index (χ2v) is 5.13. The van der Waals surface area contributed by atoms with Crippen LogP contribution in [0.3, 0.4) is 0 Å². The normalized spacial score (nSPS) is 11.1. The Balaban J connectivity index is 1.78. The van der Waals surface area contributed by atoms with Crippen LogP contribution in [0, 0.1) is 13.8 Å². The average molecular weight is 324 g/mol. The van der Waals surface area contributed by atoms with Gasteiger partial charge >= 0.3 is 5.91 Å². The van der Waals surface area contributed by atoms with Crippen molar-refractivity contribution in [2.24, 2.45) is 5.10 Å². The van der Waals surface area contributed by atoms with Crippen LogP contribution in [0.15, 0.2) is 35.4 Å². The molecule has 1 N–H and O–H groups in total. The van der Waals surface area contributed by atoms with Gasteiger partial charge in [-0.25, -0.2) is 14.9 Å². The summed E-state index contributed by atoms with van der Waals surface area (Å²) in [6.45, 7) is 3.73. The van der Waals surface area contributed by atoms with Crippen molar-refractivity contribution in [3.05, 3.63) is 53.1 Å². The lowest BCUT2D eigenvalue weighted by molar-refractivity contribution is 0.0945. The molecule has 0 saturated heterocycles. The quantitative estimate of drug-likeness (QED) is 0.580.